The van der Waals surface area contributed by atoms with E-state index in [0.717, 1.165) is 42.4 Å². The van der Waals surface area contributed by atoms with E-state index in [1.807, 2.05) is 54.6 Å². The molecule has 0 aromatic heterocycles. The van der Waals surface area contributed by atoms with Gasteiger partial charge in [-0.25, -0.2) is 0 Å². The van der Waals surface area contributed by atoms with Crippen LogP contribution in [-0.4, -0.2) is 43.0 Å². The molecule has 41 heavy (non-hydrogen) atoms. The first-order valence-electron chi connectivity index (χ1n) is 14.2. The van der Waals surface area contributed by atoms with Crippen molar-refractivity contribution in [2.45, 2.75) is 70.0 Å². The second kappa shape index (κ2) is 15.1. The van der Waals surface area contributed by atoms with E-state index in [-0.39, 0.29) is 30.8 Å². The van der Waals surface area contributed by atoms with Crippen LogP contribution in [0.15, 0.2) is 66.7 Å². The van der Waals surface area contributed by atoms with Gasteiger partial charge in [0, 0.05) is 25.4 Å². The second-order valence-electron chi connectivity index (χ2n) is 10.5. The van der Waals surface area contributed by atoms with Gasteiger partial charge in [-0.2, -0.15) is 0 Å². The Labute approximate surface area is 252 Å². The SMILES string of the molecule is COc1ccc(CCC(=O)N(Cc2ccc(Cl)c(Cl)c2)C(Cc2ccccc2)C(=O)NC2CCCCC2)cc1OC. The maximum atomic E-state index is 14.0. The van der Waals surface area contributed by atoms with E-state index in [4.69, 9.17) is 32.7 Å². The smallest absolute Gasteiger partial charge is 0.243 e. The molecular formula is C33H38Cl2N2O4. The highest BCUT2D eigenvalue weighted by atomic mass is 35.5. The summed E-state index contributed by atoms with van der Waals surface area (Å²) < 4.78 is 10.8. The van der Waals surface area contributed by atoms with Crippen molar-refractivity contribution >= 4 is 35.0 Å². The van der Waals surface area contributed by atoms with Crippen molar-refractivity contribution in [3.8, 4) is 11.5 Å². The van der Waals surface area contributed by atoms with Crippen LogP contribution in [0.5, 0.6) is 11.5 Å². The predicted octanol–water partition coefficient (Wildman–Crippen LogP) is 7.03. The Morgan fingerprint density at radius 3 is 2.24 bits per heavy atom. The molecule has 0 aliphatic heterocycles. The van der Waals surface area contributed by atoms with Crippen molar-refractivity contribution in [2.75, 3.05) is 14.2 Å². The fraction of sp³-hybridized carbons (Fsp3) is 0.394. The number of nitrogens with zero attached hydrogens (tertiary/aromatic N) is 1. The van der Waals surface area contributed by atoms with Crippen molar-refractivity contribution in [1.29, 1.82) is 0 Å². The van der Waals surface area contributed by atoms with Gasteiger partial charge >= 0.3 is 0 Å². The zero-order valence-corrected chi connectivity index (χ0v) is 25.2. The summed E-state index contributed by atoms with van der Waals surface area (Å²) in [6.07, 6.45) is 6.43. The van der Waals surface area contributed by atoms with Gasteiger partial charge in [0.25, 0.3) is 0 Å². The van der Waals surface area contributed by atoms with Crippen molar-refractivity contribution in [1.82, 2.24) is 10.2 Å². The van der Waals surface area contributed by atoms with Gasteiger partial charge < -0.3 is 19.7 Å². The van der Waals surface area contributed by atoms with Crippen molar-refractivity contribution < 1.29 is 19.1 Å². The third kappa shape index (κ3) is 8.64. The number of carbonyl (C=O) groups is 2. The van der Waals surface area contributed by atoms with Gasteiger partial charge in [-0.15, -0.1) is 0 Å². The first-order valence-corrected chi connectivity index (χ1v) is 14.9. The molecule has 1 aliphatic rings. The van der Waals surface area contributed by atoms with Crippen LogP contribution in [0.2, 0.25) is 10.0 Å². The molecule has 1 saturated carbocycles. The molecule has 0 heterocycles. The Balaban J connectivity index is 1.62. The van der Waals surface area contributed by atoms with E-state index >= 15 is 0 Å². The number of ether oxygens (including phenoxy) is 2. The van der Waals surface area contributed by atoms with Crippen LogP contribution in [0.25, 0.3) is 0 Å². The van der Waals surface area contributed by atoms with Crippen molar-refractivity contribution in [3.05, 3.63) is 93.5 Å². The third-order valence-corrected chi connectivity index (χ3v) is 8.37. The number of amides is 2. The summed E-state index contributed by atoms with van der Waals surface area (Å²) in [5, 5.41) is 4.12. The Morgan fingerprint density at radius 2 is 1.56 bits per heavy atom. The molecular weight excluding hydrogens is 559 g/mol. The summed E-state index contributed by atoms with van der Waals surface area (Å²) >= 11 is 12.5. The number of methoxy groups -OCH3 is 2. The maximum Gasteiger partial charge on any atom is 0.243 e. The number of carbonyl (C=O) groups excluding carboxylic acids is 2. The summed E-state index contributed by atoms with van der Waals surface area (Å²) in [5.41, 5.74) is 2.74. The minimum absolute atomic E-state index is 0.120. The topological polar surface area (TPSA) is 67.9 Å². The lowest BCUT2D eigenvalue weighted by atomic mass is 9.94. The number of hydrogen-bond acceptors (Lipinski definition) is 4. The number of hydrogen-bond donors (Lipinski definition) is 1. The predicted molar refractivity (Wildman–Crippen MR) is 164 cm³/mol. The molecule has 8 heteroatoms. The quantitative estimate of drug-likeness (QED) is 0.244. The van der Waals surface area contributed by atoms with Crippen LogP contribution < -0.4 is 14.8 Å². The summed E-state index contributed by atoms with van der Waals surface area (Å²) in [4.78, 5) is 29.6. The summed E-state index contributed by atoms with van der Waals surface area (Å²) in [6.45, 7) is 0.233. The highest BCUT2D eigenvalue weighted by Crippen LogP contribution is 2.29. The molecule has 3 aromatic rings. The van der Waals surface area contributed by atoms with E-state index in [1.54, 1.807) is 31.3 Å². The molecule has 0 saturated heterocycles. The van der Waals surface area contributed by atoms with Crippen LogP contribution in [0, 0.1) is 0 Å². The van der Waals surface area contributed by atoms with Crippen molar-refractivity contribution in [3.63, 3.8) is 0 Å². The van der Waals surface area contributed by atoms with Gasteiger partial charge in [0.05, 0.1) is 24.3 Å². The molecule has 1 fully saturated rings. The van der Waals surface area contributed by atoms with E-state index in [1.165, 1.54) is 6.42 Å². The Kier molecular flexibility index (Phi) is 11.3. The number of rotatable bonds is 12. The average Bonchev–Trinajstić information content (AvgIpc) is 3.00. The zero-order chi connectivity index (χ0) is 29.2. The molecule has 1 N–H and O–H groups in total. The molecule has 3 aromatic carbocycles. The van der Waals surface area contributed by atoms with E-state index in [9.17, 15) is 9.59 Å². The lowest BCUT2D eigenvalue weighted by molar-refractivity contribution is -0.141. The maximum absolute atomic E-state index is 14.0. The minimum atomic E-state index is -0.688. The van der Waals surface area contributed by atoms with Crippen molar-refractivity contribution in [2.24, 2.45) is 0 Å². The Hall–Kier alpha value is -3.22. The zero-order valence-electron chi connectivity index (χ0n) is 23.7. The third-order valence-electron chi connectivity index (χ3n) is 7.64. The molecule has 1 unspecified atom stereocenters. The fourth-order valence-electron chi connectivity index (χ4n) is 5.36. The molecule has 1 atom stereocenters. The largest absolute Gasteiger partial charge is 0.493 e. The van der Waals surface area contributed by atoms with Crippen LogP contribution in [-0.2, 0) is 29.0 Å². The molecule has 0 radical (unpaired) electrons. The lowest BCUT2D eigenvalue weighted by Gasteiger charge is -2.33. The molecule has 0 spiro atoms. The molecule has 218 valence electrons. The van der Waals surface area contributed by atoms with Crippen LogP contribution >= 0.6 is 23.2 Å². The Morgan fingerprint density at radius 1 is 0.854 bits per heavy atom. The van der Waals surface area contributed by atoms with Gasteiger partial charge in [-0.05, 0) is 60.2 Å². The Bertz CT molecular complexity index is 1310. The highest BCUT2D eigenvalue weighted by molar-refractivity contribution is 6.42. The number of halogens is 2. The van der Waals surface area contributed by atoms with Crippen LogP contribution in [0.4, 0.5) is 0 Å². The number of benzene rings is 3. The summed E-state index contributed by atoms with van der Waals surface area (Å²) in [7, 11) is 3.18. The fourth-order valence-corrected chi connectivity index (χ4v) is 5.68. The monoisotopic (exact) mass is 596 g/mol. The highest BCUT2D eigenvalue weighted by Gasteiger charge is 2.32. The number of aryl methyl sites for hydroxylation is 1. The molecule has 2 amide bonds. The lowest BCUT2D eigenvalue weighted by Crippen LogP contribution is -2.52. The summed E-state index contributed by atoms with van der Waals surface area (Å²) in [5.74, 6) is 0.996. The minimum Gasteiger partial charge on any atom is -0.493 e. The molecule has 4 rings (SSSR count). The molecule has 6 nitrogen and oxygen atoms in total. The second-order valence-corrected chi connectivity index (χ2v) is 11.3. The normalized spacial score (nSPS) is 14.2. The number of nitrogens with one attached hydrogen (secondary N) is 1. The van der Waals surface area contributed by atoms with Gasteiger partial charge in [-0.3, -0.25) is 9.59 Å². The van der Waals surface area contributed by atoms with Gasteiger partial charge in [0.2, 0.25) is 11.8 Å². The first-order chi connectivity index (χ1) is 19.9. The molecule has 0 bridgehead atoms. The average molecular weight is 598 g/mol. The van der Waals surface area contributed by atoms with Gasteiger partial charge in [0.15, 0.2) is 11.5 Å². The summed E-state index contributed by atoms with van der Waals surface area (Å²) in [6, 6.07) is 20.2. The van der Waals surface area contributed by atoms with Crippen LogP contribution in [0.1, 0.15) is 55.2 Å². The van der Waals surface area contributed by atoms with Gasteiger partial charge in [0.1, 0.15) is 6.04 Å². The van der Waals surface area contributed by atoms with Crippen LogP contribution in [0.3, 0.4) is 0 Å². The van der Waals surface area contributed by atoms with E-state index in [0.29, 0.717) is 34.4 Å². The standard InChI is InChI=1S/C33H38Cl2N2O4/c1-40-30-17-14-24(21-31(30)41-2)15-18-32(38)37(22-25-13-16-27(34)28(35)19-25)29(20-23-9-5-3-6-10-23)33(39)36-26-11-7-4-8-12-26/h3,5-6,9-10,13-14,16-17,19,21,26,29H,4,7-8,11-12,15,18,20,22H2,1-2H3,(H,36,39). The first kappa shape index (κ1) is 30.7. The molecule has 1 aliphatic carbocycles. The van der Waals surface area contributed by atoms with Gasteiger partial charge in [-0.1, -0.05) is 84.9 Å². The van der Waals surface area contributed by atoms with E-state index < -0.39 is 6.04 Å². The van der Waals surface area contributed by atoms with E-state index in [2.05, 4.69) is 5.32 Å².